The fourth-order valence-electron chi connectivity index (χ4n) is 3.87. The number of carbonyl (C=O) groups is 1. The summed E-state index contributed by atoms with van der Waals surface area (Å²) < 4.78 is 14.9. The minimum absolute atomic E-state index is 0.180. The first-order chi connectivity index (χ1) is 15.7. The normalized spacial score (nSPS) is 13.3. The van der Waals surface area contributed by atoms with Gasteiger partial charge in [0.05, 0.1) is 11.8 Å². The average Bonchev–Trinajstić information content (AvgIpc) is 2.79. The molecule has 0 spiro atoms. The maximum Gasteiger partial charge on any atom is 0.300 e. The Bertz CT molecular complexity index is 1090. The number of carbonyl (C=O) groups excluding carboxylic acids is 1. The van der Waals surface area contributed by atoms with Crippen LogP contribution in [0.4, 0.5) is 5.69 Å². The third-order valence-electron chi connectivity index (χ3n) is 5.65. The number of anilines is 1. The minimum Gasteiger partial charge on any atom is -0.330 e. The van der Waals surface area contributed by atoms with Gasteiger partial charge in [0.1, 0.15) is 0 Å². The molecule has 5 nitrogen and oxygen atoms in total. The zero-order valence-corrected chi connectivity index (χ0v) is 20.6. The van der Waals surface area contributed by atoms with E-state index >= 15 is 0 Å². The molecule has 33 heavy (non-hydrogen) atoms. The van der Waals surface area contributed by atoms with Gasteiger partial charge in [0.2, 0.25) is 5.91 Å². The lowest BCUT2D eigenvalue weighted by atomic mass is 9.92. The van der Waals surface area contributed by atoms with Crippen molar-refractivity contribution in [2.75, 3.05) is 11.9 Å². The summed E-state index contributed by atoms with van der Waals surface area (Å²) in [4.78, 5) is 24.4. The first kappa shape index (κ1) is 24.9. The summed E-state index contributed by atoms with van der Waals surface area (Å²) in [5, 5.41) is 3.37. The van der Waals surface area contributed by atoms with Crippen molar-refractivity contribution in [1.82, 2.24) is 4.67 Å². The lowest BCUT2D eigenvalue weighted by Gasteiger charge is -2.28. The number of nitrogens with zero attached hydrogens (tertiary/aromatic N) is 1. The fourth-order valence-corrected chi connectivity index (χ4v) is 5.43. The molecular weight excluding hydrogens is 431 g/mol. The maximum absolute atomic E-state index is 13.6. The molecule has 3 aromatic carbocycles. The molecular formula is C27H33N2O3P. The number of hydrogen-bond donors (Lipinski definition) is 2. The topological polar surface area (TPSA) is 69.6 Å². The Morgan fingerprint density at radius 1 is 0.848 bits per heavy atom. The van der Waals surface area contributed by atoms with Gasteiger partial charge in [-0.15, -0.1) is 0 Å². The molecule has 2 N–H and O–H groups in total. The SMILES string of the molecule is CC(C)c1cccc(C(C)C)c1NC(=O)CN(Cc1ccccc1)P(=O)(O)c1ccccc1. The van der Waals surface area contributed by atoms with Crippen molar-refractivity contribution in [1.29, 1.82) is 0 Å². The maximum atomic E-state index is 13.6. The summed E-state index contributed by atoms with van der Waals surface area (Å²) >= 11 is 0. The van der Waals surface area contributed by atoms with E-state index in [0.29, 0.717) is 5.30 Å². The van der Waals surface area contributed by atoms with E-state index in [4.69, 9.17) is 0 Å². The highest BCUT2D eigenvalue weighted by Crippen LogP contribution is 2.45. The molecule has 0 aliphatic heterocycles. The molecule has 6 heteroatoms. The van der Waals surface area contributed by atoms with Crippen LogP contribution in [0.5, 0.6) is 0 Å². The van der Waals surface area contributed by atoms with Gasteiger partial charge in [-0.25, -0.2) is 4.67 Å². The molecule has 0 saturated carbocycles. The summed E-state index contributed by atoms with van der Waals surface area (Å²) in [6.07, 6.45) is 0. The van der Waals surface area contributed by atoms with Crippen LogP contribution in [-0.2, 0) is 15.9 Å². The van der Waals surface area contributed by atoms with Crippen LogP contribution in [0.3, 0.4) is 0 Å². The zero-order chi connectivity index (χ0) is 24.0. The summed E-state index contributed by atoms with van der Waals surface area (Å²) in [5.74, 6) is 0.145. The van der Waals surface area contributed by atoms with E-state index in [1.165, 1.54) is 4.67 Å². The van der Waals surface area contributed by atoms with Gasteiger partial charge < -0.3 is 10.2 Å². The molecule has 174 valence electrons. The molecule has 0 saturated heterocycles. The number of nitrogens with one attached hydrogen (secondary N) is 1. The zero-order valence-electron chi connectivity index (χ0n) is 19.7. The Kier molecular flexibility index (Phi) is 8.25. The number of hydrogen-bond acceptors (Lipinski definition) is 2. The van der Waals surface area contributed by atoms with Gasteiger partial charge in [-0.3, -0.25) is 9.36 Å². The van der Waals surface area contributed by atoms with E-state index in [-0.39, 0.29) is 30.8 Å². The molecule has 0 aliphatic rings. The van der Waals surface area contributed by atoms with Crippen molar-refractivity contribution in [3.63, 3.8) is 0 Å². The van der Waals surface area contributed by atoms with Crippen LogP contribution in [-0.4, -0.2) is 22.0 Å². The molecule has 1 atom stereocenters. The third-order valence-corrected chi connectivity index (χ3v) is 7.67. The van der Waals surface area contributed by atoms with Gasteiger partial charge in [-0.1, -0.05) is 94.4 Å². The van der Waals surface area contributed by atoms with E-state index in [0.717, 1.165) is 22.4 Å². The smallest absolute Gasteiger partial charge is 0.300 e. The number of rotatable bonds is 9. The molecule has 3 aromatic rings. The molecule has 0 heterocycles. The Balaban J connectivity index is 1.92. The van der Waals surface area contributed by atoms with Crippen LogP contribution in [0.2, 0.25) is 0 Å². The van der Waals surface area contributed by atoms with E-state index in [1.54, 1.807) is 30.3 Å². The molecule has 0 aromatic heterocycles. The molecule has 0 bridgehead atoms. The van der Waals surface area contributed by atoms with Gasteiger partial charge in [-0.2, -0.15) is 0 Å². The van der Waals surface area contributed by atoms with Gasteiger partial charge >= 0.3 is 7.52 Å². The largest absolute Gasteiger partial charge is 0.330 e. The van der Waals surface area contributed by atoms with Gasteiger partial charge in [0.25, 0.3) is 0 Å². The van der Waals surface area contributed by atoms with Crippen LogP contribution in [0.15, 0.2) is 78.9 Å². The predicted molar refractivity (Wildman–Crippen MR) is 136 cm³/mol. The molecule has 0 radical (unpaired) electrons. The van der Waals surface area contributed by atoms with Crippen molar-refractivity contribution < 1.29 is 14.3 Å². The van der Waals surface area contributed by atoms with Crippen LogP contribution in [0.25, 0.3) is 0 Å². The standard InChI is InChI=1S/C27H33N2O3P/c1-20(2)24-16-11-17-25(21(3)4)27(24)28-26(30)19-29(18-22-12-7-5-8-13-22)33(31,32)23-14-9-6-10-15-23/h5-17,20-21H,18-19H2,1-4H3,(H,28,30)(H,31,32). The van der Waals surface area contributed by atoms with Crippen molar-refractivity contribution in [2.24, 2.45) is 0 Å². The van der Waals surface area contributed by atoms with Crippen molar-refractivity contribution >= 4 is 24.4 Å². The van der Waals surface area contributed by atoms with Crippen molar-refractivity contribution in [3.05, 3.63) is 95.6 Å². The van der Waals surface area contributed by atoms with Gasteiger partial charge in [0, 0.05) is 12.2 Å². The monoisotopic (exact) mass is 464 g/mol. The molecule has 1 unspecified atom stereocenters. The van der Waals surface area contributed by atoms with Crippen LogP contribution in [0, 0.1) is 0 Å². The first-order valence-electron chi connectivity index (χ1n) is 11.3. The van der Waals surface area contributed by atoms with Crippen LogP contribution < -0.4 is 10.6 Å². The van der Waals surface area contributed by atoms with Gasteiger partial charge in [-0.05, 0) is 40.7 Å². The van der Waals surface area contributed by atoms with Gasteiger partial charge in [0.15, 0.2) is 0 Å². The second-order valence-electron chi connectivity index (χ2n) is 8.86. The Morgan fingerprint density at radius 3 is 1.88 bits per heavy atom. The third kappa shape index (κ3) is 6.20. The van der Waals surface area contributed by atoms with Crippen molar-refractivity contribution in [3.8, 4) is 0 Å². The van der Waals surface area contributed by atoms with E-state index in [2.05, 4.69) is 33.0 Å². The van der Waals surface area contributed by atoms with Crippen LogP contribution in [0.1, 0.15) is 56.2 Å². The van der Waals surface area contributed by atoms with E-state index in [1.807, 2.05) is 48.5 Å². The number of amides is 1. The second kappa shape index (κ2) is 10.9. The molecule has 0 aliphatic carbocycles. The molecule has 0 fully saturated rings. The predicted octanol–water partition coefficient (Wildman–Crippen LogP) is 5.89. The number of para-hydroxylation sites is 1. The summed E-state index contributed by atoms with van der Waals surface area (Å²) in [6, 6.07) is 24.0. The molecule has 3 rings (SSSR count). The Morgan fingerprint density at radius 2 is 1.36 bits per heavy atom. The minimum atomic E-state index is -3.97. The fraction of sp³-hybridized carbons (Fsp3) is 0.296. The van der Waals surface area contributed by atoms with Crippen LogP contribution >= 0.6 is 7.52 Å². The average molecular weight is 465 g/mol. The Labute approximate surface area is 197 Å². The van der Waals surface area contributed by atoms with Crippen molar-refractivity contribution in [2.45, 2.75) is 46.1 Å². The lowest BCUT2D eigenvalue weighted by molar-refractivity contribution is -0.116. The summed E-state index contributed by atoms with van der Waals surface area (Å²) in [6.45, 7) is 8.34. The highest BCUT2D eigenvalue weighted by Gasteiger charge is 2.32. The Hall–Kier alpha value is -2.72. The highest BCUT2D eigenvalue weighted by molar-refractivity contribution is 7.63. The highest BCUT2D eigenvalue weighted by atomic mass is 31.2. The number of benzene rings is 3. The first-order valence-corrected chi connectivity index (χ1v) is 12.9. The summed E-state index contributed by atoms with van der Waals surface area (Å²) in [7, 11) is -3.97. The van der Waals surface area contributed by atoms with E-state index < -0.39 is 7.52 Å². The second-order valence-corrected chi connectivity index (χ2v) is 11.0. The summed E-state index contributed by atoms with van der Waals surface area (Å²) in [5.41, 5.74) is 3.78. The lowest BCUT2D eigenvalue weighted by Crippen LogP contribution is -2.34. The molecule has 1 amide bonds. The quantitative estimate of drug-likeness (QED) is 0.388. The van der Waals surface area contributed by atoms with E-state index in [9.17, 15) is 14.3 Å².